The van der Waals surface area contributed by atoms with Crippen molar-refractivity contribution in [2.75, 3.05) is 6.79 Å². The minimum atomic E-state index is -0.478. The largest absolute Gasteiger partial charge is 0.454 e. The molecule has 2 aromatic carbocycles. The molecule has 1 aromatic heterocycles. The average molecular weight is 407 g/mol. The molecule has 0 atom stereocenters. The Bertz CT molecular complexity index is 1130. The van der Waals surface area contributed by atoms with E-state index in [1.165, 1.54) is 6.08 Å². The van der Waals surface area contributed by atoms with E-state index in [9.17, 15) is 10.1 Å². The summed E-state index contributed by atoms with van der Waals surface area (Å²) < 4.78 is 10.6. The van der Waals surface area contributed by atoms with Crippen LogP contribution in [0.1, 0.15) is 11.1 Å². The van der Waals surface area contributed by atoms with Crippen LogP contribution in [-0.4, -0.2) is 22.9 Å². The molecule has 29 heavy (non-hydrogen) atoms. The summed E-state index contributed by atoms with van der Waals surface area (Å²) in [6, 6.07) is 14.5. The van der Waals surface area contributed by atoms with E-state index in [-0.39, 0.29) is 18.9 Å². The fraction of sp³-hybridized carbons (Fsp3) is 0.0952. The number of rotatable bonds is 5. The van der Waals surface area contributed by atoms with Crippen molar-refractivity contribution in [2.45, 2.75) is 6.54 Å². The predicted molar refractivity (Wildman–Crippen MR) is 107 cm³/mol. The summed E-state index contributed by atoms with van der Waals surface area (Å²) in [4.78, 5) is 12.5. The van der Waals surface area contributed by atoms with Crippen molar-refractivity contribution in [3.05, 3.63) is 70.4 Å². The van der Waals surface area contributed by atoms with Crippen molar-refractivity contribution in [2.24, 2.45) is 0 Å². The number of carbonyl (C=O) groups excluding carboxylic acids is 1. The quantitative estimate of drug-likeness (QED) is 0.497. The summed E-state index contributed by atoms with van der Waals surface area (Å²) in [5.74, 6) is 0.833. The molecule has 0 saturated heterocycles. The fourth-order valence-electron chi connectivity index (χ4n) is 2.89. The third-order valence-electron chi connectivity index (χ3n) is 4.36. The zero-order chi connectivity index (χ0) is 20.2. The van der Waals surface area contributed by atoms with Crippen molar-refractivity contribution in [1.29, 1.82) is 5.26 Å². The van der Waals surface area contributed by atoms with E-state index in [1.807, 2.05) is 24.3 Å². The molecule has 2 heterocycles. The normalized spacial score (nSPS) is 12.5. The molecule has 144 valence electrons. The van der Waals surface area contributed by atoms with Gasteiger partial charge in [-0.3, -0.25) is 9.89 Å². The van der Waals surface area contributed by atoms with Crippen LogP contribution in [0.3, 0.4) is 0 Å². The van der Waals surface area contributed by atoms with E-state index < -0.39 is 5.91 Å². The van der Waals surface area contributed by atoms with E-state index in [4.69, 9.17) is 21.1 Å². The first-order valence-corrected chi connectivity index (χ1v) is 9.09. The van der Waals surface area contributed by atoms with Crippen LogP contribution >= 0.6 is 11.6 Å². The zero-order valence-corrected chi connectivity index (χ0v) is 15.9. The molecule has 0 fully saturated rings. The van der Waals surface area contributed by atoms with Gasteiger partial charge in [0.1, 0.15) is 11.6 Å². The molecule has 0 unspecified atom stereocenters. The molecule has 1 amide bonds. The van der Waals surface area contributed by atoms with Crippen LogP contribution < -0.4 is 14.8 Å². The van der Waals surface area contributed by atoms with E-state index in [0.29, 0.717) is 27.8 Å². The summed E-state index contributed by atoms with van der Waals surface area (Å²) in [6.45, 7) is 0.442. The maximum absolute atomic E-state index is 12.5. The number of H-pyrrole nitrogens is 1. The number of benzene rings is 2. The molecule has 7 nitrogen and oxygen atoms in total. The second-order valence-corrected chi connectivity index (χ2v) is 6.68. The Kier molecular flexibility index (Phi) is 5.18. The first kappa shape index (κ1) is 18.6. The number of aromatic nitrogens is 2. The Morgan fingerprint density at radius 2 is 2.03 bits per heavy atom. The van der Waals surface area contributed by atoms with Gasteiger partial charge in [-0.2, -0.15) is 10.4 Å². The molecule has 4 rings (SSSR count). The predicted octanol–water partition coefficient (Wildman–Crippen LogP) is 3.68. The number of fused-ring (bicyclic) bond motifs is 1. The van der Waals surface area contributed by atoms with E-state index in [0.717, 1.165) is 11.1 Å². The summed E-state index contributed by atoms with van der Waals surface area (Å²) in [5, 5.41) is 19.7. The lowest BCUT2D eigenvalue weighted by Crippen LogP contribution is -2.23. The highest BCUT2D eigenvalue weighted by Crippen LogP contribution is 2.32. The van der Waals surface area contributed by atoms with E-state index in [2.05, 4.69) is 15.5 Å². The van der Waals surface area contributed by atoms with Crippen molar-refractivity contribution in [3.8, 4) is 28.8 Å². The topological polar surface area (TPSA) is 100 Å². The van der Waals surface area contributed by atoms with Crippen LogP contribution in [0.2, 0.25) is 5.02 Å². The van der Waals surface area contributed by atoms with Crippen molar-refractivity contribution in [1.82, 2.24) is 15.5 Å². The van der Waals surface area contributed by atoms with Crippen LogP contribution in [0, 0.1) is 11.3 Å². The second-order valence-electron chi connectivity index (χ2n) is 6.25. The highest BCUT2D eigenvalue weighted by molar-refractivity contribution is 6.30. The summed E-state index contributed by atoms with van der Waals surface area (Å²) >= 11 is 5.93. The van der Waals surface area contributed by atoms with Crippen molar-refractivity contribution in [3.63, 3.8) is 0 Å². The molecule has 1 aliphatic rings. The monoisotopic (exact) mass is 406 g/mol. The van der Waals surface area contributed by atoms with Crippen LogP contribution in [0.15, 0.2) is 54.2 Å². The number of nitrogens with zero attached hydrogens (tertiary/aromatic N) is 2. The Morgan fingerprint density at radius 1 is 1.24 bits per heavy atom. The number of amides is 1. The van der Waals surface area contributed by atoms with Crippen LogP contribution in [0.5, 0.6) is 11.5 Å². The van der Waals surface area contributed by atoms with Crippen molar-refractivity contribution < 1.29 is 14.3 Å². The van der Waals surface area contributed by atoms with Crippen molar-refractivity contribution >= 4 is 23.6 Å². The Labute approximate surface area is 171 Å². The maximum atomic E-state index is 12.5. The lowest BCUT2D eigenvalue weighted by Gasteiger charge is -2.06. The van der Waals surface area contributed by atoms with Gasteiger partial charge >= 0.3 is 0 Å². The molecule has 1 aliphatic heterocycles. The third-order valence-corrected chi connectivity index (χ3v) is 4.61. The number of carbonyl (C=O) groups is 1. The highest BCUT2D eigenvalue weighted by atomic mass is 35.5. The average Bonchev–Trinajstić information content (AvgIpc) is 3.39. The summed E-state index contributed by atoms with van der Waals surface area (Å²) in [5.41, 5.74) is 2.98. The van der Waals surface area contributed by atoms with Gasteiger partial charge in [-0.15, -0.1) is 0 Å². The smallest absolute Gasteiger partial charge is 0.262 e. The first-order valence-electron chi connectivity index (χ1n) is 8.72. The van der Waals surface area contributed by atoms with Gasteiger partial charge < -0.3 is 14.8 Å². The molecule has 2 N–H and O–H groups in total. The number of hydrogen-bond donors (Lipinski definition) is 2. The SMILES string of the molecule is N#CC(=Cc1cn[nH]c1-c1ccc(Cl)cc1)C(=O)NCc1ccc2c(c1)OCO2. The van der Waals surface area contributed by atoms with Crippen LogP contribution in [0.25, 0.3) is 17.3 Å². The molecule has 3 aromatic rings. The number of nitrogens with one attached hydrogen (secondary N) is 2. The third kappa shape index (κ3) is 4.08. The van der Waals surface area contributed by atoms with Gasteiger partial charge in [-0.1, -0.05) is 29.8 Å². The maximum Gasteiger partial charge on any atom is 0.262 e. The van der Waals surface area contributed by atoms with Gasteiger partial charge in [-0.05, 0) is 35.9 Å². The number of halogens is 1. The molecular weight excluding hydrogens is 392 g/mol. The number of aromatic amines is 1. The molecule has 0 saturated carbocycles. The lowest BCUT2D eigenvalue weighted by molar-refractivity contribution is -0.117. The van der Waals surface area contributed by atoms with Gasteiger partial charge in [-0.25, -0.2) is 0 Å². The second kappa shape index (κ2) is 8.09. The Morgan fingerprint density at radius 3 is 2.83 bits per heavy atom. The first-order chi connectivity index (χ1) is 14.1. The molecule has 0 aliphatic carbocycles. The van der Waals surface area contributed by atoms with Gasteiger partial charge in [0, 0.05) is 22.7 Å². The minimum Gasteiger partial charge on any atom is -0.454 e. The number of ether oxygens (including phenoxy) is 2. The Balaban J connectivity index is 1.49. The summed E-state index contributed by atoms with van der Waals surface area (Å²) in [7, 11) is 0. The van der Waals surface area contributed by atoms with Gasteiger partial charge in [0.25, 0.3) is 5.91 Å². The molecule has 0 radical (unpaired) electrons. The van der Waals surface area contributed by atoms with E-state index in [1.54, 1.807) is 30.5 Å². The number of nitriles is 1. The van der Waals surface area contributed by atoms with Gasteiger partial charge in [0.05, 0.1) is 11.9 Å². The summed E-state index contributed by atoms with van der Waals surface area (Å²) in [6.07, 6.45) is 3.06. The zero-order valence-electron chi connectivity index (χ0n) is 15.1. The fourth-order valence-corrected chi connectivity index (χ4v) is 3.01. The molecular formula is C21H15ClN4O3. The Hall–Kier alpha value is -3.76. The standard InChI is InChI=1S/C21H15ClN4O3/c22-17-4-2-14(3-5-17)20-16(11-25-26-20)8-15(9-23)21(27)24-10-13-1-6-18-19(7-13)29-12-28-18/h1-8,11H,10,12H2,(H,24,27)(H,25,26). The van der Waals surface area contributed by atoms with E-state index >= 15 is 0 Å². The molecule has 0 bridgehead atoms. The molecule has 0 spiro atoms. The lowest BCUT2D eigenvalue weighted by atomic mass is 10.1. The van der Waals surface area contributed by atoms with Gasteiger partial charge in [0.2, 0.25) is 6.79 Å². The van der Waals surface area contributed by atoms with Crippen LogP contribution in [0.4, 0.5) is 0 Å². The molecule has 8 heteroatoms. The number of hydrogen-bond acceptors (Lipinski definition) is 5. The van der Waals surface area contributed by atoms with Crippen LogP contribution in [-0.2, 0) is 11.3 Å². The van der Waals surface area contributed by atoms with Gasteiger partial charge in [0.15, 0.2) is 11.5 Å². The highest BCUT2D eigenvalue weighted by Gasteiger charge is 2.15. The minimum absolute atomic E-state index is 0.0256.